The summed E-state index contributed by atoms with van der Waals surface area (Å²) in [5.41, 5.74) is 2.58. The monoisotopic (exact) mass is 422 g/mol. The van der Waals surface area contributed by atoms with Crippen LogP contribution in [0, 0.1) is 3.57 Å². The Hall–Kier alpha value is -2.02. The average Bonchev–Trinajstić information content (AvgIpc) is 2.54. The molecule has 0 aliphatic heterocycles. The first-order chi connectivity index (χ1) is 11.0. The van der Waals surface area contributed by atoms with Crippen molar-refractivity contribution in [2.45, 2.75) is 6.92 Å². The van der Waals surface area contributed by atoms with Gasteiger partial charge in [0.2, 0.25) is 5.91 Å². The molecule has 0 radical (unpaired) electrons. The average molecular weight is 422 g/mol. The van der Waals surface area contributed by atoms with Crippen LogP contribution in [0.2, 0.25) is 0 Å². The van der Waals surface area contributed by atoms with E-state index < -0.39 is 0 Å². The Morgan fingerprint density at radius 3 is 2.61 bits per heavy atom. The third-order valence-electron chi connectivity index (χ3n) is 2.90. The second-order valence-electron chi connectivity index (χ2n) is 5.18. The van der Waals surface area contributed by atoms with Gasteiger partial charge in [0.25, 0.3) is 0 Å². The maximum Gasteiger partial charge on any atom is 0.243 e. The summed E-state index contributed by atoms with van der Waals surface area (Å²) in [5.74, 6) is 0.649. The molecule has 0 bridgehead atoms. The molecule has 0 atom stereocenters. The Morgan fingerprint density at radius 1 is 1.17 bits per heavy atom. The first kappa shape index (κ1) is 17.3. The molecule has 120 valence electrons. The second-order valence-corrected chi connectivity index (χ2v) is 6.43. The van der Waals surface area contributed by atoms with E-state index in [1.165, 1.54) is 0 Å². The smallest absolute Gasteiger partial charge is 0.243 e. The van der Waals surface area contributed by atoms with E-state index in [2.05, 4.69) is 39.8 Å². The number of benzene rings is 2. The van der Waals surface area contributed by atoms with Crippen molar-refractivity contribution in [2.24, 2.45) is 0 Å². The summed E-state index contributed by atoms with van der Waals surface area (Å²) in [6.45, 7) is 6.39. The van der Waals surface area contributed by atoms with Gasteiger partial charge in [-0.2, -0.15) is 0 Å². The van der Waals surface area contributed by atoms with Gasteiger partial charge in [-0.15, -0.1) is 0 Å². The molecule has 0 aromatic heterocycles. The number of hydrogen-bond donors (Lipinski definition) is 2. The van der Waals surface area contributed by atoms with E-state index in [-0.39, 0.29) is 12.5 Å². The van der Waals surface area contributed by atoms with Crippen LogP contribution >= 0.6 is 22.6 Å². The van der Waals surface area contributed by atoms with Crippen LogP contribution in [0.15, 0.2) is 60.7 Å². The number of hydrogen-bond acceptors (Lipinski definition) is 3. The minimum Gasteiger partial charge on any atom is -0.489 e. The number of amides is 1. The Bertz CT molecular complexity index is 684. The van der Waals surface area contributed by atoms with Crippen molar-refractivity contribution in [1.29, 1.82) is 0 Å². The van der Waals surface area contributed by atoms with Crippen molar-refractivity contribution >= 4 is 39.9 Å². The number of halogens is 1. The Morgan fingerprint density at radius 2 is 1.91 bits per heavy atom. The highest BCUT2D eigenvalue weighted by atomic mass is 127. The van der Waals surface area contributed by atoms with E-state index in [0.29, 0.717) is 6.61 Å². The van der Waals surface area contributed by atoms with Gasteiger partial charge in [-0.3, -0.25) is 4.79 Å². The van der Waals surface area contributed by atoms with E-state index >= 15 is 0 Å². The number of carbonyl (C=O) groups excluding carboxylic acids is 1. The summed E-state index contributed by atoms with van der Waals surface area (Å²) in [7, 11) is 0. The summed E-state index contributed by atoms with van der Waals surface area (Å²) in [6.07, 6.45) is 0. The first-order valence-corrected chi connectivity index (χ1v) is 8.27. The molecule has 0 saturated carbocycles. The normalized spacial score (nSPS) is 10.0. The molecule has 0 aliphatic rings. The summed E-state index contributed by atoms with van der Waals surface area (Å²) in [5, 5.41) is 5.93. The molecular weight excluding hydrogens is 403 g/mol. The zero-order valence-corrected chi connectivity index (χ0v) is 15.1. The van der Waals surface area contributed by atoms with Gasteiger partial charge in [0.1, 0.15) is 12.4 Å². The largest absolute Gasteiger partial charge is 0.489 e. The quantitative estimate of drug-likeness (QED) is 0.517. The Kier molecular flexibility index (Phi) is 6.46. The molecule has 2 rings (SSSR count). The van der Waals surface area contributed by atoms with Crippen molar-refractivity contribution in [3.8, 4) is 5.75 Å². The molecule has 0 heterocycles. The van der Waals surface area contributed by atoms with Crippen LogP contribution in [0.25, 0.3) is 0 Å². The molecule has 0 spiro atoms. The van der Waals surface area contributed by atoms with Gasteiger partial charge in [-0.25, -0.2) is 0 Å². The lowest BCUT2D eigenvalue weighted by molar-refractivity contribution is -0.114. The number of carbonyl (C=O) groups is 1. The number of nitrogens with one attached hydrogen (secondary N) is 2. The molecule has 0 saturated heterocycles. The van der Waals surface area contributed by atoms with Crippen molar-refractivity contribution < 1.29 is 9.53 Å². The molecule has 2 aromatic carbocycles. The minimum absolute atomic E-state index is 0.0977. The predicted molar refractivity (Wildman–Crippen MR) is 103 cm³/mol. The fraction of sp³-hybridized carbons (Fsp3) is 0.167. The Balaban J connectivity index is 1.85. The topological polar surface area (TPSA) is 50.4 Å². The van der Waals surface area contributed by atoms with Gasteiger partial charge in [0, 0.05) is 21.0 Å². The molecule has 2 N–H and O–H groups in total. The maximum atomic E-state index is 12.0. The van der Waals surface area contributed by atoms with Crippen LogP contribution in [0.4, 0.5) is 11.4 Å². The van der Waals surface area contributed by atoms with Crippen LogP contribution in [-0.4, -0.2) is 19.1 Å². The Labute approximate surface area is 150 Å². The van der Waals surface area contributed by atoms with Gasteiger partial charge >= 0.3 is 0 Å². The summed E-state index contributed by atoms with van der Waals surface area (Å²) >= 11 is 2.23. The third-order valence-corrected chi connectivity index (χ3v) is 3.62. The third kappa shape index (κ3) is 6.32. The molecule has 23 heavy (non-hydrogen) atoms. The fourth-order valence-corrected chi connectivity index (χ4v) is 2.18. The van der Waals surface area contributed by atoms with Crippen LogP contribution in [0.1, 0.15) is 6.92 Å². The lowest BCUT2D eigenvalue weighted by Gasteiger charge is -2.10. The van der Waals surface area contributed by atoms with Gasteiger partial charge in [0.05, 0.1) is 6.54 Å². The van der Waals surface area contributed by atoms with Gasteiger partial charge in [-0.1, -0.05) is 12.6 Å². The second kappa shape index (κ2) is 8.57. The molecular formula is C18H19IN2O2. The SMILES string of the molecule is C=C(C)COc1cccc(NCC(=O)Nc2ccc(I)cc2)c1. The van der Waals surface area contributed by atoms with E-state index in [9.17, 15) is 4.79 Å². The molecule has 0 fully saturated rings. The van der Waals surface area contributed by atoms with E-state index in [1.54, 1.807) is 0 Å². The van der Waals surface area contributed by atoms with Crippen LogP contribution < -0.4 is 15.4 Å². The summed E-state index contributed by atoms with van der Waals surface area (Å²) in [6, 6.07) is 15.2. The summed E-state index contributed by atoms with van der Waals surface area (Å²) < 4.78 is 6.71. The van der Waals surface area contributed by atoms with Crippen molar-refractivity contribution in [3.05, 3.63) is 64.3 Å². The zero-order valence-electron chi connectivity index (χ0n) is 12.9. The van der Waals surface area contributed by atoms with Crippen molar-refractivity contribution in [2.75, 3.05) is 23.8 Å². The van der Waals surface area contributed by atoms with Crippen molar-refractivity contribution in [3.63, 3.8) is 0 Å². The molecule has 0 aliphatic carbocycles. The van der Waals surface area contributed by atoms with E-state index in [4.69, 9.17) is 4.74 Å². The standard InChI is InChI=1S/C18H19IN2O2/c1-13(2)12-23-17-5-3-4-16(10-17)20-11-18(22)21-15-8-6-14(19)7-9-15/h3-10,20H,1,11-12H2,2H3,(H,21,22). The highest BCUT2D eigenvalue weighted by molar-refractivity contribution is 14.1. The van der Waals surface area contributed by atoms with Gasteiger partial charge in [0.15, 0.2) is 0 Å². The number of ether oxygens (including phenoxy) is 1. The fourth-order valence-electron chi connectivity index (χ4n) is 1.82. The van der Waals surface area contributed by atoms with Gasteiger partial charge < -0.3 is 15.4 Å². The molecule has 1 amide bonds. The lowest BCUT2D eigenvalue weighted by Crippen LogP contribution is -2.21. The molecule has 4 nitrogen and oxygen atoms in total. The highest BCUT2D eigenvalue weighted by Crippen LogP contribution is 2.18. The predicted octanol–water partition coefficient (Wildman–Crippen LogP) is 4.30. The van der Waals surface area contributed by atoms with Crippen molar-refractivity contribution in [1.82, 2.24) is 0 Å². The molecule has 2 aromatic rings. The lowest BCUT2D eigenvalue weighted by atomic mass is 10.3. The van der Waals surface area contributed by atoms with Crippen LogP contribution in [-0.2, 0) is 4.79 Å². The number of rotatable bonds is 7. The number of anilines is 2. The summed E-state index contributed by atoms with van der Waals surface area (Å²) in [4.78, 5) is 12.0. The zero-order chi connectivity index (χ0) is 16.7. The van der Waals surface area contributed by atoms with E-state index in [0.717, 1.165) is 26.3 Å². The molecule has 5 heteroatoms. The van der Waals surface area contributed by atoms with Gasteiger partial charge in [-0.05, 0) is 71.5 Å². The van der Waals surface area contributed by atoms with Crippen LogP contribution in [0.5, 0.6) is 5.75 Å². The highest BCUT2D eigenvalue weighted by Gasteiger charge is 2.03. The maximum absolute atomic E-state index is 12.0. The molecule has 0 unspecified atom stereocenters. The first-order valence-electron chi connectivity index (χ1n) is 7.19. The van der Waals surface area contributed by atoms with E-state index in [1.807, 2.05) is 55.5 Å². The minimum atomic E-state index is -0.0977. The van der Waals surface area contributed by atoms with Crippen LogP contribution in [0.3, 0.4) is 0 Å².